The highest BCUT2D eigenvalue weighted by atomic mass is 35.5. The summed E-state index contributed by atoms with van der Waals surface area (Å²) in [6.45, 7) is 4.86. The van der Waals surface area contributed by atoms with E-state index in [0.29, 0.717) is 23.2 Å². The van der Waals surface area contributed by atoms with Crippen molar-refractivity contribution < 1.29 is 18.0 Å². The molecule has 0 saturated carbocycles. The van der Waals surface area contributed by atoms with Crippen LogP contribution in [0.2, 0.25) is 5.02 Å². The monoisotopic (exact) mass is 579 g/mol. The standard InChI is InChI=1S/C31H34ClN3O4S/c1-2-25-11-5-6-17-34(25)18-8-16-33-30(36)23-14-15-29-27(20-23)35(21-22-9-7-10-24(32)19-22)31(37)26-12-3-4-13-28(26)40(29,38)39/h3-4,7,9-10,12-15,19-20,25H,2,5-6,8,11,16-18,21H2,1H3,(H,33,36). The number of carbonyl (C=O) groups is 2. The summed E-state index contributed by atoms with van der Waals surface area (Å²) in [6, 6.07) is 18.4. The third kappa shape index (κ3) is 5.80. The first kappa shape index (κ1) is 28.3. The maximum atomic E-state index is 13.8. The lowest BCUT2D eigenvalue weighted by molar-refractivity contribution is 0.0944. The fourth-order valence-electron chi connectivity index (χ4n) is 5.73. The second-order valence-corrected chi connectivity index (χ2v) is 12.7. The average molecular weight is 580 g/mol. The van der Waals surface area contributed by atoms with Crippen molar-refractivity contribution in [3.05, 3.63) is 88.4 Å². The molecule has 1 saturated heterocycles. The van der Waals surface area contributed by atoms with Gasteiger partial charge in [-0.05, 0) is 80.3 Å². The number of anilines is 1. The summed E-state index contributed by atoms with van der Waals surface area (Å²) >= 11 is 6.20. The van der Waals surface area contributed by atoms with Gasteiger partial charge in [0, 0.05) is 29.7 Å². The van der Waals surface area contributed by atoms with Crippen LogP contribution in [-0.2, 0) is 16.4 Å². The van der Waals surface area contributed by atoms with Crippen molar-refractivity contribution in [2.75, 3.05) is 24.5 Å². The number of likely N-dealkylation sites (tertiary alicyclic amines) is 1. The Balaban J connectivity index is 1.42. The van der Waals surface area contributed by atoms with Gasteiger partial charge in [0.1, 0.15) is 0 Å². The zero-order chi connectivity index (χ0) is 28.3. The molecule has 7 nitrogen and oxygen atoms in total. The first-order valence-corrected chi connectivity index (χ1v) is 15.7. The number of nitrogens with zero attached hydrogens (tertiary/aromatic N) is 2. The highest BCUT2D eigenvalue weighted by Crippen LogP contribution is 2.38. The number of amides is 2. The number of rotatable bonds is 8. The minimum absolute atomic E-state index is 0.0138. The van der Waals surface area contributed by atoms with E-state index in [2.05, 4.69) is 17.1 Å². The summed E-state index contributed by atoms with van der Waals surface area (Å²) in [7, 11) is -4.01. The summed E-state index contributed by atoms with van der Waals surface area (Å²) in [5.41, 5.74) is 1.30. The van der Waals surface area contributed by atoms with Gasteiger partial charge in [-0.3, -0.25) is 9.59 Å². The Kier molecular flexibility index (Phi) is 8.59. The molecule has 1 atom stereocenters. The smallest absolute Gasteiger partial charge is 0.259 e. The molecule has 0 radical (unpaired) electrons. The lowest BCUT2D eigenvalue weighted by atomic mass is 10.00. The van der Waals surface area contributed by atoms with E-state index in [-0.39, 0.29) is 33.5 Å². The number of halogens is 1. The van der Waals surface area contributed by atoms with Crippen LogP contribution in [0.1, 0.15) is 65.3 Å². The van der Waals surface area contributed by atoms with Gasteiger partial charge in [-0.2, -0.15) is 0 Å². The Morgan fingerprint density at radius 2 is 1.85 bits per heavy atom. The number of nitrogens with one attached hydrogen (secondary N) is 1. The van der Waals surface area contributed by atoms with Gasteiger partial charge in [-0.1, -0.05) is 49.2 Å². The van der Waals surface area contributed by atoms with Crippen molar-refractivity contribution in [3.63, 3.8) is 0 Å². The van der Waals surface area contributed by atoms with Gasteiger partial charge in [0.15, 0.2) is 0 Å². The van der Waals surface area contributed by atoms with Crippen LogP contribution >= 0.6 is 11.6 Å². The molecule has 210 valence electrons. The summed E-state index contributed by atoms with van der Waals surface area (Å²) in [6.07, 6.45) is 5.70. The van der Waals surface area contributed by atoms with Crippen molar-refractivity contribution in [2.24, 2.45) is 0 Å². The predicted octanol–water partition coefficient (Wildman–Crippen LogP) is 5.72. The topological polar surface area (TPSA) is 86.8 Å². The second-order valence-electron chi connectivity index (χ2n) is 10.4. The number of carbonyl (C=O) groups excluding carboxylic acids is 2. The molecule has 5 rings (SSSR count). The highest BCUT2D eigenvalue weighted by Gasteiger charge is 2.36. The van der Waals surface area contributed by atoms with E-state index in [1.165, 1.54) is 54.5 Å². The zero-order valence-electron chi connectivity index (χ0n) is 22.6. The van der Waals surface area contributed by atoms with Gasteiger partial charge in [0.05, 0.1) is 27.6 Å². The quantitative estimate of drug-likeness (QED) is 0.345. The van der Waals surface area contributed by atoms with Crippen molar-refractivity contribution in [1.29, 1.82) is 0 Å². The van der Waals surface area contributed by atoms with E-state index in [1.807, 2.05) is 6.07 Å². The van der Waals surface area contributed by atoms with Gasteiger partial charge < -0.3 is 15.1 Å². The lowest BCUT2D eigenvalue weighted by Gasteiger charge is -2.35. The molecule has 2 amide bonds. The van der Waals surface area contributed by atoms with Crippen LogP contribution < -0.4 is 10.2 Å². The molecule has 3 aromatic carbocycles. The number of benzene rings is 3. The molecule has 1 fully saturated rings. The first-order valence-electron chi connectivity index (χ1n) is 13.9. The van der Waals surface area contributed by atoms with E-state index >= 15 is 0 Å². The van der Waals surface area contributed by atoms with Crippen LogP contribution in [0, 0.1) is 0 Å². The fourth-order valence-corrected chi connectivity index (χ4v) is 7.57. The molecule has 0 aromatic heterocycles. The summed E-state index contributed by atoms with van der Waals surface area (Å²) in [4.78, 5) is 30.8. The van der Waals surface area contributed by atoms with Gasteiger partial charge in [0.25, 0.3) is 11.8 Å². The third-order valence-electron chi connectivity index (χ3n) is 7.81. The van der Waals surface area contributed by atoms with Crippen molar-refractivity contribution in [1.82, 2.24) is 10.2 Å². The van der Waals surface area contributed by atoms with Gasteiger partial charge in [-0.25, -0.2) is 8.42 Å². The Morgan fingerprint density at radius 1 is 1.02 bits per heavy atom. The molecular formula is C31H34ClN3O4S. The second kappa shape index (κ2) is 12.1. The molecular weight excluding hydrogens is 546 g/mol. The lowest BCUT2D eigenvalue weighted by Crippen LogP contribution is -2.40. The molecule has 3 aromatic rings. The molecule has 2 aliphatic heterocycles. The minimum atomic E-state index is -4.01. The Bertz CT molecular complexity index is 1520. The van der Waals surface area contributed by atoms with E-state index < -0.39 is 15.7 Å². The Morgan fingerprint density at radius 3 is 2.65 bits per heavy atom. The highest BCUT2D eigenvalue weighted by molar-refractivity contribution is 7.91. The van der Waals surface area contributed by atoms with Gasteiger partial charge in [-0.15, -0.1) is 0 Å². The number of piperidine rings is 1. The minimum Gasteiger partial charge on any atom is -0.352 e. The van der Waals surface area contributed by atoms with Gasteiger partial charge >= 0.3 is 0 Å². The van der Waals surface area contributed by atoms with Crippen molar-refractivity contribution in [2.45, 2.75) is 61.4 Å². The normalized spacial score (nSPS) is 18.5. The number of sulfone groups is 1. The zero-order valence-corrected chi connectivity index (χ0v) is 24.2. The molecule has 1 unspecified atom stereocenters. The average Bonchev–Trinajstić information content (AvgIpc) is 3.03. The van der Waals surface area contributed by atoms with E-state index in [1.54, 1.807) is 30.3 Å². The van der Waals surface area contributed by atoms with Crippen molar-refractivity contribution in [3.8, 4) is 0 Å². The first-order chi connectivity index (χ1) is 19.3. The molecule has 0 bridgehead atoms. The number of fused-ring (bicyclic) bond motifs is 2. The summed E-state index contributed by atoms with van der Waals surface area (Å²) < 4.78 is 27.4. The van der Waals surface area contributed by atoms with E-state index in [4.69, 9.17) is 11.6 Å². The Hall–Kier alpha value is -3.20. The van der Waals surface area contributed by atoms with E-state index in [9.17, 15) is 18.0 Å². The number of hydrogen-bond acceptors (Lipinski definition) is 5. The molecule has 0 spiro atoms. The molecule has 40 heavy (non-hydrogen) atoms. The maximum Gasteiger partial charge on any atom is 0.259 e. The van der Waals surface area contributed by atoms with Crippen molar-refractivity contribution >= 4 is 38.9 Å². The van der Waals surface area contributed by atoms with Gasteiger partial charge in [0.2, 0.25) is 9.84 Å². The maximum absolute atomic E-state index is 13.8. The molecule has 1 N–H and O–H groups in total. The SMILES string of the molecule is CCC1CCCCN1CCCNC(=O)c1ccc2c(c1)N(Cc1cccc(Cl)c1)C(=O)c1ccccc1S2(=O)=O. The molecule has 0 aliphatic carbocycles. The summed E-state index contributed by atoms with van der Waals surface area (Å²) in [5.74, 6) is -0.759. The van der Waals surface area contributed by atoms with E-state index in [0.717, 1.165) is 31.5 Å². The van der Waals surface area contributed by atoms with Crippen LogP contribution in [0.5, 0.6) is 0 Å². The molecule has 2 heterocycles. The largest absolute Gasteiger partial charge is 0.352 e. The Labute approximate surface area is 241 Å². The summed E-state index contributed by atoms with van der Waals surface area (Å²) in [5, 5.41) is 3.49. The van der Waals surface area contributed by atoms with Crippen LogP contribution in [0.15, 0.2) is 76.5 Å². The van der Waals surface area contributed by atoms with Crippen LogP contribution in [0.25, 0.3) is 0 Å². The fraction of sp³-hybridized carbons (Fsp3) is 0.355. The van der Waals surface area contributed by atoms with Crippen LogP contribution in [0.4, 0.5) is 5.69 Å². The third-order valence-corrected chi connectivity index (χ3v) is 9.91. The predicted molar refractivity (Wildman–Crippen MR) is 157 cm³/mol. The molecule has 2 aliphatic rings. The molecule has 9 heteroatoms. The van der Waals surface area contributed by atoms with Crippen LogP contribution in [0.3, 0.4) is 0 Å². The number of hydrogen-bond donors (Lipinski definition) is 1. The van der Waals surface area contributed by atoms with Crippen LogP contribution in [-0.4, -0.2) is 50.8 Å².